The van der Waals surface area contributed by atoms with Crippen molar-refractivity contribution in [3.63, 3.8) is 0 Å². The fourth-order valence-electron chi connectivity index (χ4n) is 3.17. The molecule has 0 aliphatic carbocycles. The van der Waals surface area contributed by atoms with Crippen LogP contribution in [0, 0.1) is 7.43 Å². The van der Waals surface area contributed by atoms with Crippen LogP contribution in [-0.4, -0.2) is 35.4 Å². The fourth-order valence-corrected chi connectivity index (χ4v) is 3.17. The molecule has 3 rings (SSSR count). The number of nitrogens with one attached hydrogen (secondary N) is 1. The number of nitrogens with zero attached hydrogens (tertiary/aromatic N) is 1. The zero-order valence-corrected chi connectivity index (χ0v) is 20.7. The second-order valence-electron chi connectivity index (χ2n) is 5.48. The van der Waals surface area contributed by atoms with Crippen LogP contribution in [0.5, 0.6) is 0 Å². The first-order valence-electron chi connectivity index (χ1n) is 9.68. The molecule has 2 heterocycles. The monoisotopic (exact) mass is 450 g/mol. The summed E-state index contributed by atoms with van der Waals surface area (Å²) in [5.74, 6) is 0. The average molecular weight is 450 g/mol. The molecule has 3 unspecified atom stereocenters. The maximum Gasteiger partial charge on any atom is 0.0975 e. The van der Waals surface area contributed by atoms with Gasteiger partial charge in [0.25, 0.3) is 0 Å². The van der Waals surface area contributed by atoms with Crippen LogP contribution >= 0.6 is 0 Å². The number of benzene rings is 1. The Bertz CT molecular complexity index is 602. The summed E-state index contributed by atoms with van der Waals surface area (Å²) in [7, 11) is 0. The summed E-state index contributed by atoms with van der Waals surface area (Å²) in [4.78, 5) is 4.36. The van der Waals surface area contributed by atoms with Crippen LogP contribution in [0.1, 0.15) is 59.1 Å². The minimum Gasteiger partial charge on any atom is -0.387 e. The molecule has 4 nitrogen and oxygen atoms in total. The molecule has 1 fully saturated rings. The van der Waals surface area contributed by atoms with E-state index >= 15 is 0 Å². The number of ether oxygens (including phenoxy) is 1. The van der Waals surface area contributed by atoms with Crippen LogP contribution in [0.2, 0.25) is 0 Å². The zero-order chi connectivity index (χ0) is 18.7. The summed E-state index contributed by atoms with van der Waals surface area (Å²) < 4.78 is 5.81. The first kappa shape index (κ1) is 28.8. The van der Waals surface area contributed by atoms with E-state index in [1.807, 2.05) is 65.0 Å². The van der Waals surface area contributed by atoms with Crippen LogP contribution in [0.3, 0.4) is 0 Å². The van der Waals surface area contributed by atoms with Crippen molar-refractivity contribution in [2.75, 3.05) is 13.2 Å². The van der Waals surface area contributed by atoms with Crippen molar-refractivity contribution in [1.29, 1.82) is 0 Å². The van der Waals surface area contributed by atoms with E-state index in [0.717, 1.165) is 35.9 Å². The van der Waals surface area contributed by atoms with Gasteiger partial charge in [0, 0.05) is 50.9 Å². The van der Waals surface area contributed by atoms with Crippen molar-refractivity contribution >= 4 is 10.9 Å². The van der Waals surface area contributed by atoms with Gasteiger partial charge in [-0.3, -0.25) is 4.98 Å². The Hall–Kier alpha value is -0.386. The number of hydrogen-bond acceptors (Lipinski definition) is 4. The van der Waals surface area contributed by atoms with Gasteiger partial charge in [0.05, 0.1) is 23.8 Å². The molecule has 0 amide bonds. The van der Waals surface area contributed by atoms with Gasteiger partial charge in [0.2, 0.25) is 0 Å². The molecule has 1 aromatic heterocycles. The topological polar surface area (TPSA) is 54.4 Å². The second-order valence-corrected chi connectivity index (χ2v) is 5.48. The number of hydrogen-bond donors (Lipinski definition) is 2. The molecule has 1 aliphatic heterocycles. The van der Waals surface area contributed by atoms with Crippen LogP contribution < -0.4 is 5.32 Å². The molecule has 1 radical (unpaired) electrons. The summed E-state index contributed by atoms with van der Waals surface area (Å²) in [6.45, 7) is 11.6. The largest absolute Gasteiger partial charge is 0.387 e. The molecule has 27 heavy (non-hydrogen) atoms. The van der Waals surface area contributed by atoms with Crippen LogP contribution in [0.4, 0.5) is 0 Å². The first-order valence-corrected chi connectivity index (χ1v) is 9.68. The summed E-state index contributed by atoms with van der Waals surface area (Å²) in [5.41, 5.74) is 1.84. The predicted octanol–water partition coefficient (Wildman–Crippen LogP) is 4.93. The zero-order valence-electron chi connectivity index (χ0n) is 17.9. The predicted molar refractivity (Wildman–Crippen MR) is 112 cm³/mol. The second kappa shape index (κ2) is 16.6. The van der Waals surface area contributed by atoms with E-state index in [1.54, 1.807) is 6.20 Å². The third-order valence-corrected chi connectivity index (χ3v) is 4.17. The van der Waals surface area contributed by atoms with E-state index < -0.39 is 6.10 Å². The van der Waals surface area contributed by atoms with E-state index in [0.29, 0.717) is 6.61 Å². The maximum atomic E-state index is 10.9. The Morgan fingerprint density at radius 1 is 1.19 bits per heavy atom. The normalized spacial score (nSPS) is 19.2. The summed E-state index contributed by atoms with van der Waals surface area (Å²) in [6.07, 6.45) is 3.32. The minimum atomic E-state index is -0.588. The summed E-state index contributed by atoms with van der Waals surface area (Å²) in [6, 6.07) is 9.78. The van der Waals surface area contributed by atoms with Gasteiger partial charge in [-0.15, -0.1) is 0 Å². The number of aliphatic hydroxyl groups excluding tert-OH is 1. The van der Waals surface area contributed by atoms with E-state index in [1.165, 1.54) is 0 Å². The summed E-state index contributed by atoms with van der Waals surface area (Å²) >= 11 is 0. The third kappa shape index (κ3) is 7.87. The molecule has 0 bridgehead atoms. The molecule has 151 valence electrons. The first-order chi connectivity index (χ1) is 12.3. The van der Waals surface area contributed by atoms with Crippen molar-refractivity contribution in [2.45, 2.75) is 65.7 Å². The van der Waals surface area contributed by atoms with E-state index in [-0.39, 0.29) is 52.3 Å². The average Bonchev–Trinajstić information content (AvgIpc) is 2.71. The van der Waals surface area contributed by atoms with Gasteiger partial charge in [-0.25, -0.2) is 0 Å². The molecule has 1 aliphatic rings. The molecular weight excluding hydrogens is 413 g/mol. The molecule has 0 saturated carbocycles. The Morgan fingerprint density at radius 3 is 2.52 bits per heavy atom. The molecular formula is C22H37N2O2Y-. The van der Waals surface area contributed by atoms with Crippen LogP contribution in [-0.2, 0) is 37.4 Å². The smallest absolute Gasteiger partial charge is 0.0975 e. The van der Waals surface area contributed by atoms with Gasteiger partial charge in [0.15, 0.2) is 0 Å². The Labute approximate surface area is 191 Å². The maximum absolute atomic E-state index is 10.9. The van der Waals surface area contributed by atoms with E-state index in [2.05, 4.69) is 10.3 Å². The third-order valence-electron chi connectivity index (χ3n) is 4.17. The minimum absolute atomic E-state index is 0. The van der Waals surface area contributed by atoms with Crippen molar-refractivity contribution < 1.29 is 42.6 Å². The fraction of sp³-hybridized carbons (Fsp3) is 0.545. The van der Waals surface area contributed by atoms with Gasteiger partial charge in [0.1, 0.15) is 0 Å². The van der Waals surface area contributed by atoms with E-state index in [4.69, 9.17) is 4.74 Å². The van der Waals surface area contributed by atoms with Crippen molar-refractivity contribution in [2.24, 2.45) is 0 Å². The van der Waals surface area contributed by atoms with Crippen molar-refractivity contribution in [3.05, 3.63) is 49.5 Å². The van der Waals surface area contributed by atoms with Gasteiger partial charge >= 0.3 is 0 Å². The Kier molecular flexibility index (Phi) is 17.7. The summed E-state index contributed by atoms with van der Waals surface area (Å²) in [5, 5.41) is 15.3. The number of pyridine rings is 1. The number of para-hydroxylation sites is 1. The number of piperidine rings is 1. The molecule has 5 heteroatoms. The van der Waals surface area contributed by atoms with Gasteiger partial charge in [-0.1, -0.05) is 45.9 Å². The van der Waals surface area contributed by atoms with Gasteiger partial charge in [-0.05, 0) is 44.0 Å². The number of aliphatic hydroxyl groups is 1. The van der Waals surface area contributed by atoms with Gasteiger partial charge < -0.3 is 22.6 Å². The Morgan fingerprint density at radius 2 is 1.85 bits per heavy atom. The van der Waals surface area contributed by atoms with Crippen LogP contribution in [0.15, 0.2) is 36.5 Å². The molecule has 0 spiro atoms. The SMILES string of the molecule is CC.CC.CCOC1CCCNC1C(O)c1ccnc2ccccc12.[CH3-].[Y]. The molecule has 3 atom stereocenters. The number of rotatable bonds is 4. The molecule has 1 aromatic carbocycles. The number of fused-ring (bicyclic) bond motifs is 1. The van der Waals surface area contributed by atoms with Crippen LogP contribution in [0.25, 0.3) is 10.9 Å². The molecule has 1 saturated heterocycles. The molecule has 2 aromatic rings. The van der Waals surface area contributed by atoms with Crippen molar-refractivity contribution in [1.82, 2.24) is 10.3 Å². The van der Waals surface area contributed by atoms with Gasteiger partial charge in [-0.2, -0.15) is 0 Å². The van der Waals surface area contributed by atoms with E-state index in [9.17, 15) is 5.11 Å². The quantitative estimate of drug-likeness (QED) is 0.649. The number of aromatic nitrogens is 1. The van der Waals surface area contributed by atoms with Crippen molar-refractivity contribution in [3.8, 4) is 0 Å². The Balaban J connectivity index is 0. The molecule has 2 N–H and O–H groups in total. The standard InChI is InChI=1S/C17H22N2O2.2C2H6.CH3.Y/c1-2-21-15-8-5-10-19-16(15)17(20)13-9-11-18-14-7-4-3-6-12(13)14;2*1-2;;/h3-4,6-7,9,11,15-17,19-20H,2,5,8,10H2,1H3;2*1-2H3;1H3;/q;;;-1;.